The Kier molecular flexibility index (Phi) is 4.00. The minimum Gasteiger partial charge on any atom is -0.490 e. The van der Waals surface area contributed by atoms with E-state index in [0.29, 0.717) is 41.7 Å². The van der Waals surface area contributed by atoms with Crippen LogP contribution in [-0.4, -0.2) is 25.9 Å². The van der Waals surface area contributed by atoms with E-state index in [1.807, 2.05) is 12.1 Å². The second kappa shape index (κ2) is 6.26. The Morgan fingerprint density at radius 3 is 2.86 bits per heavy atom. The van der Waals surface area contributed by atoms with Crippen molar-refractivity contribution >= 4 is 11.6 Å². The fourth-order valence-corrected chi connectivity index (χ4v) is 2.08. The van der Waals surface area contributed by atoms with Gasteiger partial charge in [0.25, 0.3) is 5.91 Å². The molecule has 0 fully saturated rings. The van der Waals surface area contributed by atoms with Crippen molar-refractivity contribution in [3.8, 4) is 17.2 Å². The normalized spacial score (nSPS) is 12.0. The van der Waals surface area contributed by atoms with Crippen LogP contribution >= 0.6 is 0 Å². The third-order valence-corrected chi connectivity index (χ3v) is 3.20. The number of fused-ring (bicyclic) bond motifs is 1. The van der Waals surface area contributed by atoms with Crippen LogP contribution in [-0.2, 0) is 0 Å². The molecule has 0 radical (unpaired) electrons. The van der Waals surface area contributed by atoms with E-state index >= 15 is 0 Å². The van der Waals surface area contributed by atoms with Crippen molar-refractivity contribution in [3.63, 3.8) is 0 Å². The quantitative estimate of drug-likeness (QED) is 0.650. The molecule has 0 spiro atoms. The molecule has 2 aromatic carbocycles. The van der Waals surface area contributed by atoms with Crippen molar-refractivity contribution in [1.82, 2.24) is 5.32 Å². The zero-order chi connectivity index (χ0) is 15.4. The molecule has 6 heteroatoms. The summed E-state index contributed by atoms with van der Waals surface area (Å²) in [5, 5.41) is 2.78. The van der Waals surface area contributed by atoms with Crippen molar-refractivity contribution < 1.29 is 19.0 Å². The van der Waals surface area contributed by atoms with Gasteiger partial charge in [-0.2, -0.15) is 0 Å². The van der Waals surface area contributed by atoms with Crippen LogP contribution < -0.4 is 25.3 Å². The number of hydrogen-bond acceptors (Lipinski definition) is 5. The summed E-state index contributed by atoms with van der Waals surface area (Å²) in [6.07, 6.45) is 0. The first-order valence-electron chi connectivity index (χ1n) is 6.89. The molecule has 0 aromatic heterocycles. The molecule has 0 bridgehead atoms. The lowest BCUT2D eigenvalue weighted by Crippen LogP contribution is -2.28. The molecule has 0 saturated heterocycles. The third-order valence-electron chi connectivity index (χ3n) is 3.20. The van der Waals surface area contributed by atoms with Gasteiger partial charge in [-0.15, -0.1) is 0 Å². The summed E-state index contributed by atoms with van der Waals surface area (Å²) in [5.41, 5.74) is 6.86. The monoisotopic (exact) mass is 300 g/mol. The van der Waals surface area contributed by atoms with E-state index in [2.05, 4.69) is 5.32 Å². The molecule has 0 aliphatic carbocycles. The number of nitrogen functional groups attached to an aromatic ring is 1. The predicted molar refractivity (Wildman–Crippen MR) is 81.2 cm³/mol. The summed E-state index contributed by atoms with van der Waals surface area (Å²) >= 11 is 0. The summed E-state index contributed by atoms with van der Waals surface area (Å²) in [4.78, 5) is 12.0. The first-order chi connectivity index (χ1) is 10.7. The maximum Gasteiger partial charge on any atom is 0.251 e. The second-order valence-electron chi connectivity index (χ2n) is 4.71. The van der Waals surface area contributed by atoms with Crippen LogP contribution in [0.5, 0.6) is 17.2 Å². The summed E-state index contributed by atoms with van der Waals surface area (Å²) < 4.78 is 16.0. The van der Waals surface area contributed by atoms with E-state index in [0.717, 1.165) is 0 Å². The molecule has 6 nitrogen and oxygen atoms in total. The SMILES string of the molecule is Nc1ccccc1OCCNC(=O)c1ccc2c(c1)OCO2. The van der Waals surface area contributed by atoms with E-state index in [4.69, 9.17) is 19.9 Å². The first kappa shape index (κ1) is 14.1. The highest BCUT2D eigenvalue weighted by Gasteiger charge is 2.15. The Hall–Kier alpha value is -2.89. The molecule has 0 saturated carbocycles. The lowest BCUT2D eigenvalue weighted by molar-refractivity contribution is 0.0946. The van der Waals surface area contributed by atoms with Gasteiger partial charge in [-0.05, 0) is 30.3 Å². The lowest BCUT2D eigenvalue weighted by Gasteiger charge is -2.09. The number of carbonyl (C=O) groups excluding carboxylic acids is 1. The van der Waals surface area contributed by atoms with Gasteiger partial charge in [-0.25, -0.2) is 0 Å². The number of carbonyl (C=O) groups is 1. The molecule has 1 aliphatic heterocycles. The topological polar surface area (TPSA) is 82.8 Å². The van der Waals surface area contributed by atoms with Crippen molar-refractivity contribution in [2.75, 3.05) is 25.7 Å². The number of ether oxygens (including phenoxy) is 3. The molecule has 2 aromatic rings. The Morgan fingerprint density at radius 2 is 2.00 bits per heavy atom. The van der Waals surface area contributed by atoms with Gasteiger partial charge in [-0.3, -0.25) is 4.79 Å². The molecule has 22 heavy (non-hydrogen) atoms. The smallest absolute Gasteiger partial charge is 0.251 e. The molecule has 114 valence electrons. The van der Waals surface area contributed by atoms with Gasteiger partial charge < -0.3 is 25.3 Å². The molecule has 0 unspecified atom stereocenters. The number of para-hydroxylation sites is 2. The largest absolute Gasteiger partial charge is 0.490 e. The van der Waals surface area contributed by atoms with Crippen LogP contribution in [0, 0.1) is 0 Å². The van der Waals surface area contributed by atoms with E-state index in [1.54, 1.807) is 30.3 Å². The highest BCUT2D eigenvalue weighted by Crippen LogP contribution is 2.32. The van der Waals surface area contributed by atoms with Gasteiger partial charge in [0.15, 0.2) is 11.5 Å². The zero-order valence-corrected chi connectivity index (χ0v) is 11.9. The minimum absolute atomic E-state index is 0.187. The lowest BCUT2D eigenvalue weighted by atomic mass is 10.2. The standard InChI is InChI=1S/C16H16N2O4/c17-12-3-1-2-4-13(12)20-8-7-18-16(19)11-5-6-14-15(9-11)22-10-21-14/h1-6,9H,7-8,10,17H2,(H,18,19). The van der Waals surface area contributed by atoms with Crippen LogP contribution in [0.1, 0.15) is 10.4 Å². The summed E-state index contributed by atoms with van der Waals surface area (Å²) in [6.45, 7) is 0.902. The minimum atomic E-state index is -0.192. The predicted octanol–water partition coefficient (Wildman–Crippen LogP) is 1.81. The number of nitrogens with one attached hydrogen (secondary N) is 1. The fraction of sp³-hybridized carbons (Fsp3) is 0.188. The van der Waals surface area contributed by atoms with E-state index in [-0.39, 0.29) is 12.7 Å². The van der Waals surface area contributed by atoms with Crippen molar-refractivity contribution in [2.24, 2.45) is 0 Å². The fourth-order valence-electron chi connectivity index (χ4n) is 2.08. The van der Waals surface area contributed by atoms with E-state index < -0.39 is 0 Å². The summed E-state index contributed by atoms with van der Waals surface area (Å²) in [5.74, 6) is 1.66. The molecule has 3 N–H and O–H groups in total. The number of anilines is 1. The highest BCUT2D eigenvalue weighted by molar-refractivity contribution is 5.94. The molecular formula is C16H16N2O4. The van der Waals surface area contributed by atoms with Crippen LogP contribution in [0.2, 0.25) is 0 Å². The summed E-state index contributed by atoms with van der Waals surface area (Å²) in [6, 6.07) is 12.3. The second-order valence-corrected chi connectivity index (χ2v) is 4.71. The summed E-state index contributed by atoms with van der Waals surface area (Å²) in [7, 11) is 0. The van der Waals surface area contributed by atoms with Gasteiger partial charge >= 0.3 is 0 Å². The van der Waals surface area contributed by atoms with Crippen LogP contribution in [0.3, 0.4) is 0 Å². The van der Waals surface area contributed by atoms with Crippen molar-refractivity contribution in [3.05, 3.63) is 48.0 Å². The van der Waals surface area contributed by atoms with Gasteiger partial charge in [0.05, 0.1) is 12.2 Å². The molecule has 0 atom stereocenters. The average Bonchev–Trinajstić information content (AvgIpc) is 3.00. The Labute approximate surface area is 127 Å². The Bertz CT molecular complexity index is 688. The maximum absolute atomic E-state index is 12.0. The Morgan fingerprint density at radius 1 is 1.18 bits per heavy atom. The highest BCUT2D eigenvalue weighted by atomic mass is 16.7. The molecular weight excluding hydrogens is 284 g/mol. The van der Waals surface area contributed by atoms with Crippen LogP contribution in [0.15, 0.2) is 42.5 Å². The van der Waals surface area contributed by atoms with Crippen LogP contribution in [0.4, 0.5) is 5.69 Å². The van der Waals surface area contributed by atoms with Crippen LogP contribution in [0.25, 0.3) is 0 Å². The molecule has 1 heterocycles. The third kappa shape index (κ3) is 3.06. The van der Waals surface area contributed by atoms with Gasteiger partial charge in [-0.1, -0.05) is 12.1 Å². The average molecular weight is 300 g/mol. The number of hydrogen-bond donors (Lipinski definition) is 2. The van der Waals surface area contributed by atoms with E-state index in [1.165, 1.54) is 0 Å². The van der Waals surface area contributed by atoms with Crippen molar-refractivity contribution in [1.29, 1.82) is 0 Å². The van der Waals surface area contributed by atoms with E-state index in [9.17, 15) is 4.79 Å². The number of amides is 1. The van der Waals surface area contributed by atoms with Gasteiger partial charge in [0, 0.05) is 5.56 Å². The first-order valence-corrected chi connectivity index (χ1v) is 6.89. The van der Waals surface area contributed by atoms with Gasteiger partial charge in [0.1, 0.15) is 12.4 Å². The van der Waals surface area contributed by atoms with Crippen molar-refractivity contribution in [2.45, 2.75) is 0 Å². The Balaban J connectivity index is 1.49. The number of nitrogens with two attached hydrogens (primary N) is 1. The number of benzene rings is 2. The molecule has 1 amide bonds. The molecule has 1 aliphatic rings. The zero-order valence-electron chi connectivity index (χ0n) is 11.9. The molecule has 3 rings (SSSR count). The maximum atomic E-state index is 12.0. The number of rotatable bonds is 5. The van der Waals surface area contributed by atoms with Gasteiger partial charge in [0.2, 0.25) is 6.79 Å².